The summed E-state index contributed by atoms with van der Waals surface area (Å²) in [6, 6.07) is 5.31. The largest absolute Gasteiger partial charge is 0.416 e. The Morgan fingerprint density at radius 1 is 1.23 bits per heavy atom. The molecule has 4 aromatic rings. The van der Waals surface area contributed by atoms with Gasteiger partial charge in [0.2, 0.25) is 11.7 Å². The minimum Gasteiger partial charge on any atom is -0.382 e. The van der Waals surface area contributed by atoms with Gasteiger partial charge in [0.25, 0.3) is 5.91 Å². The van der Waals surface area contributed by atoms with Gasteiger partial charge in [-0.05, 0) is 29.8 Å². The highest BCUT2D eigenvalue weighted by Crippen LogP contribution is 2.44. The first-order valence-corrected chi connectivity index (χ1v) is 14.5. The minimum atomic E-state index is -5.12. The van der Waals surface area contributed by atoms with E-state index < -0.39 is 60.8 Å². The second-order valence-corrected chi connectivity index (χ2v) is 11.3. The van der Waals surface area contributed by atoms with Gasteiger partial charge in [-0.15, -0.1) is 10.2 Å². The normalized spacial score (nSPS) is 18.5. The Hall–Kier alpha value is -5.30. The van der Waals surface area contributed by atoms with Crippen molar-refractivity contribution in [1.29, 1.82) is 5.41 Å². The van der Waals surface area contributed by atoms with Crippen LogP contribution in [0.25, 0.3) is 17.1 Å². The van der Waals surface area contributed by atoms with E-state index in [9.17, 15) is 41.8 Å². The smallest absolute Gasteiger partial charge is 0.382 e. The lowest BCUT2D eigenvalue weighted by Crippen LogP contribution is -2.50. The predicted molar refractivity (Wildman–Crippen MR) is 157 cm³/mol. The van der Waals surface area contributed by atoms with Crippen LogP contribution in [0.4, 0.5) is 17.6 Å². The maximum absolute atomic E-state index is 14.3. The molecule has 250 valence electrons. The standard InChI is InChI=1S/C28H23ClF4N10O5/c29-14-1-2-15(16(7-14)21-22(30)23(21)34)24-39-42(27(48)41(24)9-18(45)28(31,32)33)10-19-37-25(26(47)40-6-5-36-20(46)11-40)43(38-19)17-8-35-4-3-13(17)12-44/h1-4,7-8,12,18,21-22,34,45H,5-6,9-11H2,(H,36,46)/t18-,21?,22+/m0/s1. The van der Waals surface area contributed by atoms with Gasteiger partial charge < -0.3 is 20.7 Å². The summed E-state index contributed by atoms with van der Waals surface area (Å²) in [5.74, 6) is -3.27. The van der Waals surface area contributed by atoms with Crippen LogP contribution in [0.5, 0.6) is 0 Å². The Kier molecular flexibility index (Phi) is 8.42. The van der Waals surface area contributed by atoms with Gasteiger partial charge in [0.05, 0.1) is 30.1 Å². The van der Waals surface area contributed by atoms with Crippen molar-refractivity contribution < 1.29 is 37.1 Å². The van der Waals surface area contributed by atoms with Crippen molar-refractivity contribution in [3.05, 3.63) is 74.9 Å². The van der Waals surface area contributed by atoms with E-state index in [0.717, 1.165) is 4.68 Å². The van der Waals surface area contributed by atoms with E-state index in [0.29, 0.717) is 15.5 Å². The van der Waals surface area contributed by atoms with E-state index >= 15 is 0 Å². The van der Waals surface area contributed by atoms with Gasteiger partial charge in [-0.2, -0.15) is 13.2 Å². The number of piperazine rings is 1. The number of carbonyl (C=O) groups excluding carboxylic acids is 3. The number of benzene rings is 1. The highest BCUT2D eigenvalue weighted by Gasteiger charge is 2.48. The van der Waals surface area contributed by atoms with Crippen molar-refractivity contribution in [3.63, 3.8) is 0 Å². The molecule has 0 bridgehead atoms. The molecular formula is C28H23ClF4N10O5. The zero-order chi connectivity index (χ0) is 34.5. The Morgan fingerprint density at radius 3 is 2.65 bits per heavy atom. The molecule has 1 saturated heterocycles. The molecule has 48 heavy (non-hydrogen) atoms. The monoisotopic (exact) mass is 690 g/mol. The van der Waals surface area contributed by atoms with Gasteiger partial charge in [-0.1, -0.05) is 11.6 Å². The molecule has 2 fully saturated rings. The SMILES string of the molecule is N=C1C(c2cc(Cl)ccc2-c2nn(Cc3nc(C(=O)N4CCNC(=O)C4)n(-c4cnccc4C=O)n3)c(=O)n2C[C@H](O)C(F)(F)F)[C@H]1F. The molecule has 4 heterocycles. The maximum atomic E-state index is 14.3. The summed E-state index contributed by atoms with van der Waals surface area (Å²) in [6.45, 7) is -1.93. The predicted octanol–water partition coefficient (Wildman–Crippen LogP) is 1.15. The Morgan fingerprint density at radius 2 is 1.98 bits per heavy atom. The molecule has 6 rings (SSSR count). The number of rotatable bonds is 9. The quantitative estimate of drug-likeness (QED) is 0.171. The first kappa shape index (κ1) is 32.6. The third-order valence-corrected chi connectivity index (χ3v) is 7.94. The molecule has 3 atom stereocenters. The van der Waals surface area contributed by atoms with Crippen molar-refractivity contribution in [1.82, 2.24) is 44.3 Å². The molecule has 1 saturated carbocycles. The highest BCUT2D eigenvalue weighted by atomic mass is 35.5. The number of aliphatic hydroxyl groups excluding tert-OH is 1. The van der Waals surface area contributed by atoms with Crippen LogP contribution in [-0.4, -0.2) is 106 Å². The van der Waals surface area contributed by atoms with Gasteiger partial charge in [0.15, 0.2) is 30.2 Å². The van der Waals surface area contributed by atoms with E-state index in [1.165, 1.54) is 41.6 Å². The van der Waals surface area contributed by atoms with Crippen molar-refractivity contribution in [2.45, 2.75) is 37.5 Å². The summed E-state index contributed by atoms with van der Waals surface area (Å²) in [7, 11) is 0. The van der Waals surface area contributed by atoms with E-state index in [4.69, 9.17) is 17.0 Å². The lowest BCUT2D eigenvalue weighted by atomic mass is 10.0. The number of nitrogens with zero attached hydrogens (tertiary/aromatic N) is 8. The lowest BCUT2D eigenvalue weighted by Gasteiger charge is -2.26. The summed E-state index contributed by atoms with van der Waals surface area (Å²) in [5.41, 5.74) is -1.28. The number of hydrogen-bond donors (Lipinski definition) is 3. The average molecular weight is 691 g/mol. The molecule has 3 aromatic heterocycles. The Balaban J connectivity index is 1.46. The summed E-state index contributed by atoms with van der Waals surface area (Å²) in [5, 5.41) is 28.9. The van der Waals surface area contributed by atoms with Crippen molar-refractivity contribution >= 4 is 35.4 Å². The van der Waals surface area contributed by atoms with E-state index in [1.807, 2.05) is 0 Å². The second-order valence-electron chi connectivity index (χ2n) is 10.9. The van der Waals surface area contributed by atoms with Gasteiger partial charge in [-0.25, -0.2) is 23.5 Å². The zero-order valence-corrected chi connectivity index (χ0v) is 25.1. The Labute approximate surface area is 271 Å². The molecule has 15 nitrogen and oxygen atoms in total. The summed E-state index contributed by atoms with van der Waals surface area (Å²) < 4.78 is 56.9. The minimum absolute atomic E-state index is 0.0109. The van der Waals surface area contributed by atoms with Crippen LogP contribution in [0.15, 0.2) is 41.5 Å². The third-order valence-electron chi connectivity index (χ3n) is 7.71. The van der Waals surface area contributed by atoms with Gasteiger partial charge in [0, 0.05) is 35.4 Å². The van der Waals surface area contributed by atoms with E-state index in [2.05, 4.69) is 25.5 Å². The third kappa shape index (κ3) is 6.08. The molecule has 1 unspecified atom stereocenters. The fraction of sp³-hybridized carbons (Fsp3) is 0.321. The number of alkyl halides is 4. The van der Waals surface area contributed by atoms with E-state index in [1.54, 1.807) is 0 Å². The van der Waals surface area contributed by atoms with Crippen molar-refractivity contribution in [2.75, 3.05) is 19.6 Å². The summed E-state index contributed by atoms with van der Waals surface area (Å²) in [6.07, 6.45) is -6.75. The molecule has 1 aromatic carbocycles. The number of aromatic nitrogens is 7. The number of aldehydes is 1. The number of halogens is 5. The summed E-state index contributed by atoms with van der Waals surface area (Å²) >= 11 is 6.10. The molecule has 0 radical (unpaired) electrons. The molecule has 1 aliphatic heterocycles. The van der Waals surface area contributed by atoms with Crippen LogP contribution >= 0.6 is 11.6 Å². The fourth-order valence-electron chi connectivity index (χ4n) is 5.22. The van der Waals surface area contributed by atoms with Gasteiger partial charge in [0.1, 0.15) is 13.1 Å². The molecule has 3 N–H and O–H groups in total. The molecule has 20 heteroatoms. The first-order valence-electron chi connectivity index (χ1n) is 14.1. The number of nitrogens with one attached hydrogen (secondary N) is 2. The number of pyridine rings is 1. The molecule has 2 amide bonds. The fourth-order valence-corrected chi connectivity index (χ4v) is 5.40. The number of hydrogen-bond acceptors (Lipinski definition) is 10. The van der Waals surface area contributed by atoms with E-state index in [-0.39, 0.29) is 64.4 Å². The number of carbonyl (C=O) groups is 3. The van der Waals surface area contributed by atoms with Crippen molar-refractivity contribution in [2.24, 2.45) is 0 Å². The van der Waals surface area contributed by atoms with Crippen LogP contribution in [0.1, 0.15) is 38.3 Å². The van der Waals surface area contributed by atoms with Crippen LogP contribution in [0, 0.1) is 5.41 Å². The molecule has 0 spiro atoms. The molecule has 1 aliphatic carbocycles. The highest BCUT2D eigenvalue weighted by molar-refractivity contribution is 6.30. The first-order chi connectivity index (χ1) is 22.8. The lowest BCUT2D eigenvalue weighted by molar-refractivity contribution is -0.207. The Bertz CT molecular complexity index is 2030. The van der Waals surface area contributed by atoms with Crippen LogP contribution in [-0.2, 0) is 17.9 Å². The maximum Gasteiger partial charge on any atom is 0.416 e. The zero-order valence-electron chi connectivity index (χ0n) is 24.4. The average Bonchev–Trinajstić information content (AvgIpc) is 3.32. The topological polar surface area (TPSA) is 194 Å². The number of amides is 2. The number of aliphatic hydroxyl groups is 1. The second kappa shape index (κ2) is 12.4. The van der Waals surface area contributed by atoms with Crippen LogP contribution < -0.4 is 11.0 Å². The van der Waals surface area contributed by atoms with Crippen LogP contribution in [0.2, 0.25) is 5.02 Å². The van der Waals surface area contributed by atoms with Crippen molar-refractivity contribution in [3.8, 4) is 17.1 Å². The van der Waals surface area contributed by atoms with Gasteiger partial charge >= 0.3 is 11.9 Å². The van der Waals surface area contributed by atoms with Crippen LogP contribution in [0.3, 0.4) is 0 Å². The molecular weight excluding hydrogens is 668 g/mol. The van der Waals surface area contributed by atoms with Gasteiger partial charge in [-0.3, -0.25) is 23.9 Å². The molecule has 2 aliphatic rings. The summed E-state index contributed by atoms with van der Waals surface area (Å²) in [4.78, 5) is 60.3.